The van der Waals surface area contributed by atoms with Crippen molar-refractivity contribution in [2.24, 2.45) is 0 Å². The Balaban J connectivity index is 2.60. The minimum atomic E-state index is -4.27. The van der Waals surface area contributed by atoms with Gasteiger partial charge in [-0.2, -0.15) is 13.2 Å². The summed E-state index contributed by atoms with van der Waals surface area (Å²) in [6.07, 6.45) is -4.27. The molecule has 0 fully saturated rings. The van der Waals surface area contributed by atoms with Crippen molar-refractivity contribution in [1.82, 2.24) is 4.90 Å². The Morgan fingerprint density at radius 2 is 1.83 bits per heavy atom. The monoisotopic (exact) mass is 325 g/mol. The molecular formula is C12H15BrF3NO. The van der Waals surface area contributed by atoms with Crippen LogP contribution in [-0.4, -0.2) is 40.7 Å². The highest BCUT2D eigenvalue weighted by molar-refractivity contribution is 9.09. The van der Waals surface area contributed by atoms with Gasteiger partial charge in [0.15, 0.2) is 0 Å². The molecule has 1 rings (SSSR count). The third-order valence-corrected chi connectivity index (χ3v) is 3.25. The predicted molar refractivity (Wildman–Crippen MR) is 67.6 cm³/mol. The van der Waals surface area contributed by atoms with E-state index < -0.39 is 11.0 Å². The number of alkyl halides is 4. The van der Waals surface area contributed by atoms with Crippen LogP contribution in [0.25, 0.3) is 0 Å². The average molecular weight is 326 g/mol. The highest BCUT2D eigenvalue weighted by Crippen LogP contribution is 2.27. The molecule has 18 heavy (non-hydrogen) atoms. The van der Waals surface area contributed by atoms with E-state index >= 15 is 0 Å². The van der Waals surface area contributed by atoms with Crippen molar-refractivity contribution in [1.29, 1.82) is 0 Å². The van der Waals surface area contributed by atoms with Crippen LogP contribution < -0.4 is 0 Å². The van der Waals surface area contributed by atoms with E-state index in [0.29, 0.717) is 6.54 Å². The summed E-state index contributed by atoms with van der Waals surface area (Å²) in [5, 5.41) is 8.89. The van der Waals surface area contributed by atoms with Gasteiger partial charge in [0, 0.05) is 19.6 Å². The molecule has 1 aromatic rings. The van der Waals surface area contributed by atoms with E-state index in [1.54, 1.807) is 4.90 Å². The molecular weight excluding hydrogens is 311 g/mol. The van der Waals surface area contributed by atoms with Gasteiger partial charge >= 0.3 is 6.18 Å². The third kappa shape index (κ3) is 5.37. The molecule has 1 aromatic carbocycles. The van der Waals surface area contributed by atoms with Crippen LogP contribution >= 0.6 is 15.9 Å². The summed E-state index contributed by atoms with van der Waals surface area (Å²) in [6.45, 7) is 0.260. The van der Waals surface area contributed by atoms with Crippen LogP contribution in [0.2, 0.25) is 0 Å². The number of hydrogen-bond acceptors (Lipinski definition) is 2. The first kappa shape index (κ1) is 15.5. The van der Waals surface area contributed by atoms with Crippen molar-refractivity contribution in [2.45, 2.75) is 17.5 Å². The van der Waals surface area contributed by atoms with E-state index in [1.807, 2.05) is 30.3 Å². The quantitative estimate of drug-likeness (QED) is 0.813. The van der Waals surface area contributed by atoms with Gasteiger partial charge in [-0.1, -0.05) is 46.3 Å². The first-order valence-corrected chi connectivity index (χ1v) is 6.43. The van der Waals surface area contributed by atoms with Crippen molar-refractivity contribution in [3.8, 4) is 0 Å². The molecule has 0 aliphatic carbocycles. The Hall–Kier alpha value is -0.590. The van der Waals surface area contributed by atoms with E-state index in [1.165, 1.54) is 0 Å². The molecule has 102 valence electrons. The first-order chi connectivity index (χ1) is 8.43. The maximum absolute atomic E-state index is 12.5. The van der Waals surface area contributed by atoms with Crippen LogP contribution in [-0.2, 0) is 6.54 Å². The molecule has 0 spiro atoms. The van der Waals surface area contributed by atoms with Gasteiger partial charge in [0.1, 0.15) is 4.83 Å². The fourth-order valence-electron chi connectivity index (χ4n) is 1.55. The summed E-state index contributed by atoms with van der Waals surface area (Å²) < 4.78 is 37.4. The highest BCUT2D eigenvalue weighted by atomic mass is 79.9. The Morgan fingerprint density at radius 1 is 1.22 bits per heavy atom. The first-order valence-electron chi connectivity index (χ1n) is 5.51. The number of benzene rings is 1. The van der Waals surface area contributed by atoms with E-state index in [9.17, 15) is 13.2 Å². The zero-order chi connectivity index (χ0) is 13.6. The van der Waals surface area contributed by atoms with Crippen LogP contribution in [0, 0.1) is 0 Å². The lowest BCUT2D eigenvalue weighted by molar-refractivity contribution is -0.131. The van der Waals surface area contributed by atoms with E-state index in [2.05, 4.69) is 15.9 Å². The van der Waals surface area contributed by atoms with Crippen LogP contribution in [0.3, 0.4) is 0 Å². The minimum Gasteiger partial charge on any atom is -0.395 e. The molecule has 0 aliphatic heterocycles. The van der Waals surface area contributed by atoms with Gasteiger partial charge in [-0.3, -0.25) is 4.90 Å². The molecule has 0 saturated carbocycles. The van der Waals surface area contributed by atoms with Gasteiger partial charge in [-0.25, -0.2) is 0 Å². The molecule has 0 aromatic heterocycles. The van der Waals surface area contributed by atoms with Crippen LogP contribution in [0.1, 0.15) is 5.56 Å². The van der Waals surface area contributed by atoms with Crippen molar-refractivity contribution in [3.05, 3.63) is 35.9 Å². The number of nitrogens with zero attached hydrogens (tertiary/aromatic N) is 1. The lowest BCUT2D eigenvalue weighted by Crippen LogP contribution is -2.38. The normalized spacial score (nSPS) is 13.9. The predicted octanol–water partition coefficient (Wildman–Crippen LogP) is 2.81. The number of hydrogen-bond donors (Lipinski definition) is 1. The molecule has 0 aliphatic rings. The summed E-state index contributed by atoms with van der Waals surface area (Å²) in [4.78, 5) is -0.0114. The summed E-state index contributed by atoms with van der Waals surface area (Å²) in [5.41, 5.74) is 0.924. The molecule has 0 bridgehead atoms. The maximum Gasteiger partial charge on any atom is 0.402 e. The number of rotatable bonds is 6. The van der Waals surface area contributed by atoms with Gasteiger partial charge in [-0.15, -0.1) is 0 Å². The molecule has 1 unspecified atom stereocenters. The van der Waals surface area contributed by atoms with Gasteiger partial charge in [0.25, 0.3) is 0 Å². The van der Waals surface area contributed by atoms with Crippen LogP contribution in [0.4, 0.5) is 13.2 Å². The zero-order valence-electron chi connectivity index (χ0n) is 9.70. The minimum absolute atomic E-state index is 0.162. The van der Waals surface area contributed by atoms with Crippen molar-refractivity contribution in [2.75, 3.05) is 19.7 Å². The number of aliphatic hydroxyl groups is 1. The number of halogens is 4. The second-order valence-electron chi connectivity index (χ2n) is 3.95. The van der Waals surface area contributed by atoms with Gasteiger partial charge in [-0.05, 0) is 5.56 Å². The number of aliphatic hydroxyl groups excluding tert-OH is 1. The average Bonchev–Trinajstić information content (AvgIpc) is 2.29. The molecule has 0 radical (unpaired) electrons. The van der Waals surface area contributed by atoms with Crippen LogP contribution in [0.5, 0.6) is 0 Å². The Kier molecular flexibility index (Phi) is 6.11. The van der Waals surface area contributed by atoms with E-state index in [-0.39, 0.29) is 19.7 Å². The maximum atomic E-state index is 12.5. The van der Waals surface area contributed by atoms with Crippen molar-refractivity contribution in [3.63, 3.8) is 0 Å². The van der Waals surface area contributed by atoms with Crippen molar-refractivity contribution >= 4 is 15.9 Å². The zero-order valence-corrected chi connectivity index (χ0v) is 11.3. The smallest absolute Gasteiger partial charge is 0.395 e. The molecule has 0 heterocycles. The summed E-state index contributed by atoms with van der Waals surface area (Å²) >= 11 is 2.63. The van der Waals surface area contributed by atoms with Crippen molar-refractivity contribution < 1.29 is 18.3 Å². The summed E-state index contributed by atoms with van der Waals surface area (Å²) in [5.74, 6) is 0. The summed E-state index contributed by atoms with van der Waals surface area (Å²) in [7, 11) is 0. The van der Waals surface area contributed by atoms with Gasteiger partial charge < -0.3 is 5.11 Å². The third-order valence-electron chi connectivity index (χ3n) is 2.44. The molecule has 0 amide bonds. The summed E-state index contributed by atoms with van der Waals surface area (Å²) in [6, 6.07) is 9.22. The highest BCUT2D eigenvalue weighted by Gasteiger charge is 2.38. The van der Waals surface area contributed by atoms with E-state index in [4.69, 9.17) is 5.11 Å². The lowest BCUT2D eigenvalue weighted by Gasteiger charge is -2.25. The topological polar surface area (TPSA) is 23.5 Å². The molecule has 2 nitrogen and oxygen atoms in total. The molecule has 1 N–H and O–H groups in total. The lowest BCUT2D eigenvalue weighted by atomic mass is 10.2. The fourth-order valence-corrected chi connectivity index (χ4v) is 1.96. The molecule has 0 saturated heterocycles. The molecule has 1 atom stereocenters. The second-order valence-corrected chi connectivity index (χ2v) is 5.06. The van der Waals surface area contributed by atoms with Gasteiger partial charge in [0.2, 0.25) is 0 Å². The SMILES string of the molecule is OCCN(Cc1ccccc1)CC(Br)C(F)(F)F. The van der Waals surface area contributed by atoms with Gasteiger partial charge in [0.05, 0.1) is 6.61 Å². The Morgan fingerprint density at radius 3 is 2.33 bits per heavy atom. The largest absolute Gasteiger partial charge is 0.402 e. The standard InChI is InChI=1S/C12H15BrF3NO/c13-11(12(14,15)16)9-17(6-7-18)8-10-4-2-1-3-5-10/h1-5,11,18H,6-9H2. The molecule has 6 heteroatoms. The van der Waals surface area contributed by atoms with Crippen LogP contribution in [0.15, 0.2) is 30.3 Å². The van der Waals surface area contributed by atoms with E-state index in [0.717, 1.165) is 5.56 Å². The Labute approximate surface area is 113 Å². The second kappa shape index (κ2) is 7.11. The Bertz CT molecular complexity index is 345. The fraction of sp³-hybridized carbons (Fsp3) is 0.500.